The number of carboxylic acid groups (broad SMARTS) is 1. The Morgan fingerprint density at radius 1 is 1.32 bits per heavy atom. The van der Waals surface area contributed by atoms with Crippen molar-refractivity contribution in [1.82, 2.24) is 4.90 Å². The Labute approximate surface area is 129 Å². The van der Waals surface area contributed by atoms with Gasteiger partial charge >= 0.3 is 5.97 Å². The largest absolute Gasteiger partial charge is 0.480 e. The Balaban J connectivity index is 2.49. The molecule has 22 heavy (non-hydrogen) atoms. The van der Waals surface area contributed by atoms with Gasteiger partial charge in [0.15, 0.2) is 0 Å². The van der Waals surface area contributed by atoms with Gasteiger partial charge in [-0.3, -0.25) is 0 Å². The number of benzene rings is 1. The lowest BCUT2D eigenvalue weighted by molar-refractivity contribution is -0.142. The van der Waals surface area contributed by atoms with E-state index in [2.05, 4.69) is 12.1 Å². The van der Waals surface area contributed by atoms with Crippen molar-refractivity contribution >= 4 is 5.97 Å². The van der Waals surface area contributed by atoms with Gasteiger partial charge in [-0.2, -0.15) is 10.5 Å². The maximum atomic E-state index is 11.7. The van der Waals surface area contributed by atoms with E-state index in [4.69, 9.17) is 5.26 Å². The zero-order valence-electron chi connectivity index (χ0n) is 12.6. The number of nitriles is 2. The molecule has 1 aromatic rings. The Morgan fingerprint density at radius 2 is 1.95 bits per heavy atom. The summed E-state index contributed by atoms with van der Waals surface area (Å²) in [6.45, 7) is 1.92. The zero-order valence-corrected chi connectivity index (χ0v) is 12.6. The third-order valence-electron chi connectivity index (χ3n) is 4.11. The minimum absolute atomic E-state index is 0.314. The molecule has 0 radical (unpaired) electrons. The molecule has 5 heteroatoms. The number of aliphatic carboxylic acids is 1. The van der Waals surface area contributed by atoms with Crippen molar-refractivity contribution in [2.75, 3.05) is 7.05 Å². The third kappa shape index (κ3) is 2.54. The van der Waals surface area contributed by atoms with Gasteiger partial charge in [0.25, 0.3) is 0 Å². The van der Waals surface area contributed by atoms with Crippen LogP contribution < -0.4 is 0 Å². The number of hydrogen-bond donors (Lipinski definition) is 1. The molecule has 0 spiro atoms. The van der Waals surface area contributed by atoms with E-state index in [1.54, 1.807) is 11.9 Å². The molecule has 0 aromatic heterocycles. The molecule has 0 aliphatic carbocycles. The topological polar surface area (TPSA) is 88.1 Å². The fraction of sp³-hybridized carbons (Fsp3) is 0.353. The molecule has 0 saturated carbocycles. The number of allylic oxidation sites excluding steroid dienone is 1. The molecule has 0 bridgehead atoms. The highest BCUT2D eigenvalue weighted by Crippen LogP contribution is 2.41. The zero-order chi connectivity index (χ0) is 16.3. The van der Waals surface area contributed by atoms with E-state index >= 15 is 0 Å². The molecule has 2 atom stereocenters. The summed E-state index contributed by atoms with van der Waals surface area (Å²) in [7, 11) is 1.72. The maximum Gasteiger partial charge on any atom is 0.327 e. The highest BCUT2D eigenvalue weighted by molar-refractivity contribution is 5.78. The predicted molar refractivity (Wildman–Crippen MR) is 80.6 cm³/mol. The first-order valence-corrected chi connectivity index (χ1v) is 7.09. The maximum absolute atomic E-state index is 11.7. The average Bonchev–Trinajstić information content (AvgIpc) is 2.80. The molecule has 1 aliphatic heterocycles. The standard InChI is InChI=1S/C17H17N3O2/c1-3-14-13(10-19)15(16(17(21)22)20(14)2)12-6-4-11(5-7-12)8-9-18/h4-7,15-16H,3,8H2,1-2H3,(H,21,22). The number of carbonyl (C=O) groups is 1. The van der Waals surface area contributed by atoms with Crippen molar-refractivity contribution < 1.29 is 9.90 Å². The fourth-order valence-electron chi connectivity index (χ4n) is 3.08. The van der Waals surface area contributed by atoms with Gasteiger partial charge in [-0.1, -0.05) is 31.2 Å². The molecule has 1 aliphatic rings. The van der Waals surface area contributed by atoms with E-state index in [-0.39, 0.29) is 0 Å². The molecule has 2 rings (SSSR count). The van der Waals surface area contributed by atoms with Crippen LogP contribution in [0.5, 0.6) is 0 Å². The van der Waals surface area contributed by atoms with Crippen molar-refractivity contribution in [3.63, 3.8) is 0 Å². The Hall–Kier alpha value is -2.79. The van der Waals surface area contributed by atoms with E-state index < -0.39 is 17.9 Å². The van der Waals surface area contributed by atoms with E-state index in [0.717, 1.165) is 16.8 Å². The van der Waals surface area contributed by atoms with Crippen LogP contribution in [0.4, 0.5) is 0 Å². The molecule has 0 saturated heterocycles. The first kappa shape index (κ1) is 15.6. The van der Waals surface area contributed by atoms with Crippen molar-refractivity contribution in [2.45, 2.75) is 31.7 Å². The fourth-order valence-corrected chi connectivity index (χ4v) is 3.08. The van der Waals surface area contributed by atoms with Crippen LogP contribution in [-0.2, 0) is 11.2 Å². The predicted octanol–water partition coefficient (Wildman–Crippen LogP) is 2.42. The second-order valence-electron chi connectivity index (χ2n) is 5.27. The van der Waals surface area contributed by atoms with Crippen molar-refractivity contribution in [3.05, 3.63) is 46.7 Å². The lowest BCUT2D eigenvalue weighted by Crippen LogP contribution is -2.37. The van der Waals surface area contributed by atoms with Gasteiger partial charge in [-0.25, -0.2) is 4.79 Å². The summed E-state index contributed by atoms with van der Waals surface area (Å²) < 4.78 is 0. The summed E-state index contributed by atoms with van der Waals surface area (Å²) in [5.74, 6) is -1.41. The van der Waals surface area contributed by atoms with Gasteiger partial charge in [0, 0.05) is 12.7 Å². The normalized spacial score (nSPS) is 20.6. The Morgan fingerprint density at radius 3 is 2.41 bits per heavy atom. The molecular formula is C17H17N3O2. The molecule has 1 N–H and O–H groups in total. The molecule has 1 aromatic carbocycles. The summed E-state index contributed by atoms with van der Waals surface area (Å²) >= 11 is 0. The molecule has 1 heterocycles. The smallest absolute Gasteiger partial charge is 0.327 e. The van der Waals surface area contributed by atoms with Crippen LogP contribution in [0, 0.1) is 22.7 Å². The number of nitrogens with zero attached hydrogens (tertiary/aromatic N) is 3. The molecule has 0 fully saturated rings. The van der Waals surface area contributed by atoms with E-state index in [9.17, 15) is 15.2 Å². The third-order valence-corrected chi connectivity index (χ3v) is 4.11. The summed E-state index contributed by atoms with van der Waals surface area (Å²) in [4.78, 5) is 13.4. The van der Waals surface area contributed by atoms with Gasteiger partial charge in [-0.05, 0) is 17.5 Å². The quantitative estimate of drug-likeness (QED) is 0.921. The van der Waals surface area contributed by atoms with Crippen LogP contribution in [0.25, 0.3) is 0 Å². The van der Waals surface area contributed by atoms with Crippen LogP contribution in [0.15, 0.2) is 35.5 Å². The summed E-state index contributed by atoms with van der Waals surface area (Å²) in [6, 6.07) is 10.8. The minimum atomic E-state index is -0.940. The molecule has 112 valence electrons. The Kier molecular flexibility index (Phi) is 4.48. The van der Waals surface area contributed by atoms with Crippen LogP contribution in [-0.4, -0.2) is 29.1 Å². The van der Waals surface area contributed by atoms with E-state index in [0.29, 0.717) is 18.4 Å². The number of likely N-dealkylation sites (N-methyl/N-ethyl adjacent to an activating group) is 1. The average molecular weight is 295 g/mol. The van der Waals surface area contributed by atoms with E-state index in [1.165, 1.54) is 0 Å². The minimum Gasteiger partial charge on any atom is -0.480 e. The lowest BCUT2D eigenvalue weighted by atomic mass is 9.86. The Bertz CT molecular complexity index is 692. The SMILES string of the molecule is CCC1=C(C#N)C(c2ccc(CC#N)cc2)C(C(=O)O)N1C. The molecular weight excluding hydrogens is 278 g/mol. The van der Waals surface area contributed by atoms with Gasteiger partial charge in [0.1, 0.15) is 6.04 Å². The molecule has 0 amide bonds. The first-order valence-electron chi connectivity index (χ1n) is 7.09. The van der Waals surface area contributed by atoms with Gasteiger partial charge in [-0.15, -0.1) is 0 Å². The summed E-state index contributed by atoms with van der Waals surface area (Å²) in [6.07, 6.45) is 0.931. The van der Waals surface area contributed by atoms with E-state index in [1.807, 2.05) is 31.2 Å². The summed E-state index contributed by atoms with van der Waals surface area (Å²) in [5.41, 5.74) is 2.97. The number of hydrogen-bond acceptors (Lipinski definition) is 4. The number of rotatable bonds is 4. The van der Waals surface area contributed by atoms with Gasteiger partial charge < -0.3 is 10.0 Å². The van der Waals surface area contributed by atoms with Crippen molar-refractivity contribution in [1.29, 1.82) is 10.5 Å². The van der Waals surface area contributed by atoms with Crippen LogP contribution in [0.1, 0.15) is 30.4 Å². The second-order valence-corrected chi connectivity index (χ2v) is 5.27. The van der Waals surface area contributed by atoms with Crippen LogP contribution in [0.3, 0.4) is 0 Å². The monoisotopic (exact) mass is 295 g/mol. The molecule has 5 nitrogen and oxygen atoms in total. The van der Waals surface area contributed by atoms with Crippen molar-refractivity contribution in [3.8, 4) is 12.1 Å². The van der Waals surface area contributed by atoms with Crippen LogP contribution >= 0.6 is 0 Å². The highest BCUT2D eigenvalue weighted by Gasteiger charge is 2.43. The number of carboxylic acids is 1. The van der Waals surface area contributed by atoms with Crippen LogP contribution in [0.2, 0.25) is 0 Å². The first-order chi connectivity index (χ1) is 10.5. The summed E-state index contributed by atoms with van der Waals surface area (Å²) in [5, 5.41) is 27.8. The van der Waals surface area contributed by atoms with Gasteiger partial charge in [0.05, 0.1) is 30.1 Å². The van der Waals surface area contributed by atoms with Gasteiger partial charge in [0.2, 0.25) is 0 Å². The second kappa shape index (κ2) is 6.32. The lowest BCUT2D eigenvalue weighted by Gasteiger charge is -2.25. The highest BCUT2D eigenvalue weighted by atomic mass is 16.4. The molecule has 2 unspecified atom stereocenters. The van der Waals surface area contributed by atoms with Crippen molar-refractivity contribution in [2.24, 2.45) is 0 Å².